The fourth-order valence-electron chi connectivity index (χ4n) is 2.04. The number of rotatable bonds is 8. The molecule has 2 rings (SSSR count). The molecule has 2 N–H and O–H groups in total. The van der Waals surface area contributed by atoms with Crippen molar-refractivity contribution in [2.45, 2.75) is 20.4 Å². The predicted octanol–water partition coefficient (Wildman–Crippen LogP) is 3.17. The lowest BCUT2D eigenvalue weighted by atomic mass is 10.2. The van der Waals surface area contributed by atoms with Gasteiger partial charge >= 0.3 is 0 Å². The molecule has 1 aromatic carbocycles. The highest BCUT2D eigenvalue weighted by atomic mass is 16.5. The van der Waals surface area contributed by atoms with E-state index in [1.807, 2.05) is 24.3 Å². The van der Waals surface area contributed by atoms with Crippen LogP contribution in [0.1, 0.15) is 19.4 Å². The number of nitrogens with one attached hydrogen (secondary N) is 2. The third-order valence-electron chi connectivity index (χ3n) is 3.28. The van der Waals surface area contributed by atoms with E-state index in [4.69, 9.17) is 9.47 Å². The highest BCUT2D eigenvalue weighted by Crippen LogP contribution is 2.27. The van der Waals surface area contributed by atoms with Crippen LogP contribution in [-0.4, -0.2) is 30.7 Å². The first-order chi connectivity index (χ1) is 11.1. The van der Waals surface area contributed by atoms with Gasteiger partial charge in [-0.1, -0.05) is 19.9 Å². The minimum atomic E-state index is 0.563. The standard InChI is InChI=1S/C17H24N4O2/c1-12(2)9-18-16-8-17(21-11-20-16)19-10-13-5-6-14(22-3)15(7-13)23-4/h5-8,11-12H,9-10H2,1-4H3,(H2,18,19,20,21). The molecule has 6 heteroatoms. The molecule has 6 nitrogen and oxygen atoms in total. The molecule has 0 amide bonds. The van der Waals surface area contributed by atoms with Crippen molar-refractivity contribution in [2.75, 3.05) is 31.4 Å². The zero-order chi connectivity index (χ0) is 16.7. The Labute approximate surface area is 137 Å². The van der Waals surface area contributed by atoms with Crippen molar-refractivity contribution >= 4 is 11.6 Å². The van der Waals surface area contributed by atoms with Gasteiger partial charge in [0.15, 0.2) is 11.5 Å². The van der Waals surface area contributed by atoms with Gasteiger partial charge in [-0.05, 0) is 23.6 Å². The van der Waals surface area contributed by atoms with Crippen molar-refractivity contribution in [3.8, 4) is 11.5 Å². The Morgan fingerprint density at radius 3 is 2.30 bits per heavy atom. The number of ether oxygens (including phenoxy) is 2. The van der Waals surface area contributed by atoms with Crippen molar-refractivity contribution in [1.29, 1.82) is 0 Å². The third kappa shape index (κ3) is 5.02. The van der Waals surface area contributed by atoms with E-state index in [2.05, 4.69) is 34.4 Å². The van der Waals surface area contributed by atoms with Crippen LogP contribution in [0.15, 0.2) is 30.6 Å². The van der Waals surface area contributed by atoms with Crippen LogP contribution < -0.4 is 20.1 Å². The zero-order valence-corrected chi connectivity index (χ0v) is 14.1. The van der Waals surface area contributed by atoms with Gasteiger partial charge in [0, 0.05) is 19.2 Å². The van der Waals surface area contributed by atoms with Crippen molar-refractivity contribution in [3.05, 3.63) is 36.2 Å². The number of hydrogen-bond acceptors (Lipinski definition) is 6. The van der Waals surface area contributed by atoms with Gasteiger partial charge in [-0.25, -0.2) is 9.97 Å². The number of methoxy groups -OCH3 is 2. The summed E-state index contributed by atoms with van der Waals surface area (Å²) in [4.78, 5) is 8.46. The maximum atomic E-state index is 5.31. The van der Waals surface area contributed by atoms with Crippen LogP contribution in [0, 0.1) is 5.92 Å². The fraction of sp³-hybridized carbons (Fsp3) is 0.412. The van der Waals surface area contributed by atoms with Gasteiger partial charge < -0.3 is 20.1 Å². The van der Waals surface area contributed by atoms with E-state index in [1.54, 1.807) is 20.5 Å². The van der Waals surface area contributed by atoms with Gasteiger partial charge in [0.1, 0.15) is 18.0 Å². The lowest BCUT2D eigenvalue weighted by molar-refractivity contribution is 0.354. The summed E-state index contributed by atoms with van der Waals surface area (Å²) < 4.78 is 10.6. The molecule has 0 radical (unpaired) electrons. The molecule has 0 spiro atoms. The summed E-state index contributed by atoms with van der Waals surface area (Å²) in [6.45, 7) is 5.84. The highest BCUT2D eigenvalue weighted by Gasteiger charge is 2.05. The van der Waals surface area contributed by atoms with E-state index in [-0.39, 0.29) is 0 Å². The Balaban J connectivity index is 1.99. The molecular weight excluding hydrogens is 292 g/mol. The summed E-state index contributed by atoms with van der Waals surface area (Å²) in [5.74, 6) is 3.60. The molecule has 2 aromatic rings. The van der Waals surface area contributed by atoms with Crippen molar-refractivity contribution in [1.82, 2.24) is 9.97 Å². The first-order valence-corrected chi connectivity index (χ1v) is 7.63. The molecule has 0 saturated heterocycles. The van der Waals surface area contributed by atoms with Crippen molar-refractivity contribution < 1.29 is 9.47 Å². The number of anilines is 2. The average molecular weight is 316 g/mol. The van der Waals surface area contributed by atoms with Gasteiger partial charge in [-0.2, -0.15) is 0 Å². The summed E-state index contributed by atoms with van der Waals surface area (Å²) in [7, 11) is 3.26. The Morgan fingerprint density at radius 2 is 1.65 bits per heavy atom. The third-order valence-corrected chi connectivity index (χ3v) is 3.28. The zero-order valence-electron chi connectivity index (χ0n) is 14.1. The highest BCUT2D eigenvalue weighted by molar-refractivity contribution is 5.48. The topological polar surface area (TPSA) is 68.3 Å². The van der Waals surface area contributed by atoms with Gasteiger partial charge in [0.2, 0.25) is 0 Å². The van der Waals surface area contributed by atoms with E-state index in [0.29, 0.717) is 18.2 Å². The normalized spacial score (nSPS) is 10.5. The van der Waals surface area contributed by atoms with Gasteiger partial charge in [0.05, 0.1) is 14.2 Å². The summed E-state index contributed by atoms with van der Waals surface area (Å²) >= 11 is 0. The lowest BCUT2D eigenvalue weighted by Crippen LogP contribution is -2.10. The molecule has 23 heavy (non-hydrogen) atoms. The minimum Gasteiger partial charge on any atom is -0.493 e. The second-order valence-corrected chi connectivity index (χ2v) is 5.61. The monoisotopic (exact) mass is 316 g/mol. The summed E-state index contributed by atoms with van der Waals surface area (Å²) in [5, 5.41) is 6.58. The van der Waals surface area contributed by atoms with Gasteiger partial charge in [-0.15, -0.1) is 0 Å². The largest absolute Gasteiger partial charge is 0.493 e. The van der Waals surface area contributed by atoms with Crippen LogP contribution in [0.3, 0.4) is 0 Å². The van der Waals surface area contributed by atoms with Crippen LogP contribution in [0.4, 0.5) is 11.6 Å². The maximum Gasteiger partial charge on any atom is 0.161 e. The predicted molar refractivity (Wildman–Crippen MR) is 92.2 cm³/mol. The Kier molecular flexibility index (Phi) is 6.02. The number of benzene rings is 1. The molecule has 0 atom stereocenters. The molecule has 0 aliphatic heterocycles. The van der Waals surface area contributed by atoms with Crippen LogP contribution in [0.25, 0.3) is 0 Å². The summed E-state index contributed by atoms with van der Waals surface area (Å²) in [5.41, 5.74) is 1.08. The van der Waals surface area contributed by atoms with Crippen LogP contribution in [0.2, 0.25) is 0 Å². The number of nitrogens with zero attached hydrogens (tertiary/aromatic N) is 2. The summed E-state index contributed by atoms with van der Waals surface area (Å²) in [6, 6.07) is 7.74. The van der Waals surface area contributed by atoms with E-state index in [1.165, 1.54) is 0 Å². The minimum absolute atomic E-state index is 0.563. The average Bonchev–Trinajstić information content (AvgIpc) is 2.58. The second kappa shape index (κ2) is 8.22. The Morgan fingerprint density at radius 1 is 0.957 bits per heavy atom. The SMILES string of the molecule is COc1ccc(CNc2cc(NCC(C)C)ncn2)cc1OC. The molecule has 124 valence electrons. The summed E-state index contributed by atoms with van der Waals surface area (Å²) in [6.07, 6.45) is 1.56. The maximum absolute atomic E-state index is 5.31. The van der Waals surface area contributed by atoms with Gasteiger partial charge in [0.25, 0.3) is 0 Å². The molecule has 0 saturated carbocycles. The second-order valence-electron chi connectivity index (χ2n) is 5.61. The molecule has 0 bridgehead atoms. The van der Waals surface area contributed by atoms with E-state index in [9.17, 15) is 0 Å². The Bertz CT molecular complexity index is 632. The lowest BCUT2D eigenvalue weighted by Gasteiger charge is -2.12. The van der Waals surface area contributed by atoms with Crippen LogP contribution in [-0.2, 0) is 6.54 Å². The molecular formula is C17H24N4O2. The first kappa shape index (κ1) is 16.9. The van der Waals surface area contributed by atoms with E-state index >= 15 is 0 Å². The van der Waals surface area contributed by atoms with Crippen LogP contribution >= 0.6 is 0 Å². The van der Waals surface area contributed by atoms with Crippen molar-refractivity contribution in [2.24, 2.45) is 5.92 Å². The van der Waals surface area contributed by atoms with Crippen LogP contribution in [0.5, 0.6) is 11.5 Å². The molecule has 0 aliphatic carbocycles. The van der Waals surface area contributed by atoms with Gasteiger partial charge in [-0.3, -0.25) is 0 Å². The first-order valence-electron chi connectivity index (χ1n) is 7.63. The molecule has 0 aliphatic rings. The quantitative estimate of drug-likeness (QED) is 0.779. The fourth-order valence-corrected chi connectivity index (χ4v) is 2.04. The Hall–Kier alpha value is -2.50. The molecule has 0 fully saturated rings. The smallest absolute Gasteiger partial charge is 0.161 e. The van der Waals surface area contributed by atoms with E-state index in [0.717, 1.165) is 29.5 Å². The molecule has 1 heterocycles. The van der Waals surface area contributed by atoms with Crippen molar-refractivity contribution in [3.63, 3.8) is 0 Å². The molecule has 0 unspecified atom stereocenters. The number of aromatic nitrogens is 2. The molecule has 1 aromatic heterocycles. The van der Waals surface area contributed by atoms with E-state index < -0.39 is 0 Å². The number of hydrogen-bond donors (Lipinski definition) is 2.